The molecule has 86 valence electrons. The van der Waals surface area contributed by atoms with Gasteiger partial charge in [-0.3, -0.25) is 9.69 Å². The Labute approximate surface area is 95.2 Å². The Balaban J connectivity index is 2.47. The summed E-state index contributed by atoms with van der Waals surface area (Å²) >= 11 is 0. The number of carbonyl (C=O) groups excluding carboxylic acids is 1. The summed E-state index contributed by atoms with van der Waals surface area (Å²) in [6.45, 7) is 4.02. The van der Waals surface area contributed by atoms with Crippen molar-refractivity contribution in [1.82, 2.24) is 0 Å². The molecule has 0 radical (unpaired) electrons. The summed E-state index contributed by atoms with van der Waals surface area (Å²) < 4.78 is 5.08. The first-order chi connectivity index (χ1) is 7.56. The van der Waals surface area contributed by atoms with E-state index < -0.39 is 5.54 Å². The molecule has 16 heavy (non-hydrogen) atoms. The molecule has 1 N–H and O–H groups in total. The van der Waals surface area contributed by atoms with Gasteiger partial charge in [-0.2, -0.15) is 0 Å². The highest BCUT2D eigenvalue weighted by atomic mass is 16.5. The average molecular weight is 220 g/mol. The molecule has 1 aromatic carbocycles. The van der Waals surface area contributed by atoms with Crippen LogP contribution in [-0.4, -0.2) is 25.3 Å². The molecule has 4 heteroatoms. The average Bonchev–Trinajstić information content (AvgIpc) is 2.24. The summed E-state index contributed by atoms with van der Waals surface area (Å²) in [5, 5.41) is 3.23. The van der Waals surface area contributed by atoms with Gasteiger partial charge in [0.05, 0.1) is 11.4 Å². The van der Waals surface area contributed by atoms with Crippen LogP contribution in [0.2, 0.25) is 0 Å². The van der Waals surface area contributed by atoms with E-state index in [0.717, 1.165) is 11.4 Å². The van der Waals surface area contributed by atoms with E-state index in [4.69, 9.17) is 4.74 Å². The zero-order valence-corrected chi connectivity index (χ0v) is 9.78. The quantitative estimate of drug-likeness (QED) is 0.826. The van der Waals surface area contributed by atoms with Gasteiger partial charge < -0.3 is 10.1 Å². The Kier molecular flexibility index (Phi) is 2.59. The van der Waals surface area contributed by atoms with Crippen LogP contribution in [0, 0.1) is 0 Å². The molecule has 0 saturated heterocycles. The number of hydrogen-bond acceptors (Lipinski definition) is 3. The third-order valence-electron chi connectivity index (χ3n) is 2.68. The summed E-state index contributed by atoms with van der Waals surface area (Å²) in [4.78, 5) is 13.8. The summed E-state index contributed by atoms with van der Waals surface area (Å²) in [5.41, 5.74) is 1.24. The Bertz CT molecular complexity index is 415. The van der Waals surface area contributed by atoms with Crippen LogP contribution < -0.4 is 10.2 Å². The molecule has 1 heterocycles. The SMILES string of the molecule is COCN1C(=O)C(C)(C)Nc2ccccc21. The van der Waals surface area contributed by atoms with Gasteiger partial charge in [-0.1, -0.05) is 12.1 Å². The minimum atomic E-state index is -0.590. The van der Waals surface area contributed by atoms with Crippen molar-refractivity contribution in [2.45, 2.75) is 19.4 Å². The lowest BCUT2D eigenvalue weighted by molar-refractivity contribution is -0.123. The van der Waals surface area contributed by atoms with E-state index >= 15 is 0 Å². The lowest BCUT2D eigenvalue weighted by Gasteiger charge is -2.39. The number of rotatable bonds is 2. The third kappa shape index (κ3) is 1.65. The molecule has 0 aromatic heterocycles. The van der Waals surface area contributed by atoms with Crippen LogP contribution in [0.5, 0.6) is 0 Å². The number of nitrogens with zero attached hydrogens (tertiary/aromatic N) is 1. The first-order valence-electron chi connectivity index (χ1n) is 5.24. The lowest BCUT2D eigenvalue weighted by Crippen LogP contribution is -2.54. The molecule has 0 atom stereocenters. The number of nitrogens with one attached hydrogen (secondary N) is 1. The van der Waals surface area contributed by atoms with Crippen molar-refractivity contribution in [2.24, 2.45) is 0 Å². The fraction of sp³-hybridized carbons (Fsp3) is 0.417. The molecule has 0 bridgehead atoms. The molecule has 0 unspecified atom stereocenters. The number of anilines is 2. The van der Waals surface area contributed by atoms with Crippen LogP contribution >= 0.6 is 0 Å². The molecule has 1 aliphatic heterocycles. The molecule has 4 nitrogen and oxygen atoms in total. The van der Waals surface area contributed by atoms with Gasteiger partial charge in [0.25, 0.3) is 5.91 Å². The second-order valence-electron chi connectivity index (χ2n) is 4.42. The van der Waals surface area contributed by atoms with Gasteiger partial charge in [0.1, 0.15) is 12.3 Å². The van der Waals surface area contributed by atoms with Crippen molar-refractivity contribution in [3.63, 3.8) is 0 Å². The van der Waals surface area contributed by atoms with Gasteiger partial charge in [-0.15, -0.1) is 0 Å². The van der Waals surface area contributed by atoms with Crippen LogP contribution in [0.4, 0.5) is 11.4 Å². The number of fused-ring (bicyclic) bond motifs is 1. The molecule has 0 fully saturated rings. The minimum Gasteiger partial charge on any atom is -0.370 e. The number of carbonyl (C=O) groups is 1. The maximum absolute atomic E-state index is 12.2. The van der Waals surface area contributed by atoms with Gasteiger partial charge >= 0.3 is 0 Å². The zero-order valence-electron chi connectivity index (χ0n) is 9.78. The Morgan fingerprint density at radius 1 is 1.38 bits per heavy atom. The van der Waals surface area contributed by atoms with Gasteiger partial charge in [0.2, 0.25) is 0 Å². The van der Waals surface area contributed by atoms with Crippen molar-refractivity contribution in [3.8, 4) is 0 Å². The number of amides is 1. The minimum absolute atomic E-state index is 0.0213. The largest absolute Gasteiger partial charge is 0.370 e. The van der Waals surface area contributed by atoms with E-state index in [2.05, 4.69) is 5.32 Å². The highest BCUT2D eigenvalue weighted by molar-refractivity contribution is 6.07. The maximum atomic E-state index is 12.2. The number of benzene rings is 1. The second kappa shape index (κ2) is 3.79. The molecule has 1 amide bonds. The van der Waals surface area contributed by atoms with Crippen molar-refractivity contribution >= 4 is 17.3 Å². The second-order valence-corrected chi connectivity index (χ2v) is 4.42. The van der Waals surface area contributed by atoms with Crippen LogP contribution in [0.25, 0.3) is 0 Å². The summed E-state index contributed by atoms with van der Waals surface area (Å²) in [5.74, 6) is 0.0213. The highest BCUT2D eigenvalue weighted by Gasteiger charge is 2.38. The first-order valence-corrected chi connectivity index (χ1v) is 5.24. The van der Waals surface area contributed by atoms with Crippen LogP contribution in [0.1, 0.15) is 13.8 Å². The van der Waals surface area contributed by atoms with Gasteiger partial charge in [-0.05, 0) is 26.0 Å². The summed E-state index contributed by atoms with van der Waals surface area (Å²) in [6.07, 6.45) is 0. The number of hydrogen-bond donors (Lipinski definition) is 1. The van der Waals surface area contributed by atoms with Gasteiger partial charge in [-0.25, -0.2) is 0 Å². The molecule has 0 saturated carbocycles. The van der Waals surface area contributed by atoms with Crippen molar-refractivity contribution in [3.05, 3.63) is 24.3 Å². The van der Waals surface area contributed by atoms with Crippen molar-refractivity contribution in [2.75, 3.05) is 24.1 Å². The maximum Gasteiger partial charge on any atom is 0.254 e. The van der Waals surface area contributed by atoms with Crippen LogP contribution in [-0.2, 0) is 9.53 Å². The molecule has 2 rings (SSSR count). The van der Waals surface area contributed by atoms with E-state index in [1.807, 2.05) is 38.1 Å². The topological polar surface area (TPSA) is 41.6 Å². The number of methoxy groups -OCH3 is 1. The standard InChI is InChI=1S/C12H16N2O2/c1-12(2)11(15)14(8-16-3)10-7-5-4-6-9(10)13-12/h4-7,13H,8H2,1-3H3. The fourth-order valence-corrected chi connectivity index (χ4v) is 1.91. The van der Waals surface area contributed by atoms with E-state index in [1.54, 1.807) is 12.0 Å². The Morgan fingerprint density at radius 3 is 2.75 bits per heavy atom. The van der Waals surface area contributed by atoms with Crippen molar-refractivity contribution in [1.29, 1.82) is 0 Å². The smallest absolute Gasteiger partial charge is 0.254 e. The van der Waals surface area contributed by atoms with E-state index in [-0.39, 0.29) is 12.6 Å². The molecule has 0 spiro atoms. The summed E-state index contributed by atoms with van der Waals surface area (Å²) in [6, 6.07) is 7.73. The van der Waals surface area contributed by atoms with E-state index in [9.17, 15) is 4.79 Å². The normalized spacial score (nSPS) is 17.9. The monoisotopic (exact) mass is 220 g/mol. The molecular formula is C12H16N2O2. The zero-order chi connectivity index (χ0) is 11.8. The first kappa shape index (κ1) is 11.0. The predicted molar refractivity (Wildman–Crippen MR) is 63.5 cm³/mol. The molecule has 0 aliphatic carbocycles. The predicted octanol–water partition coefficient (Wildman–Crippen LogP) is 1.83. The third-order valence-corrected chi connectivity index (χ3v) is 2.68. The van der Waals surface area contributed by atoms with E-state index in [1.165, 1.54) is 0 Å². The number of para-hydroxylation sites is 2. The Hall–Kier alpha value is -1.55. The Morgan fingerprint density at radius 2 is 2.06 bits per heavy atom. The molecule has 1 aliphatic rings. The lowest BCUT2D eigenvalue weighted by atomic mass is 9.98. The van der Waals surface area contributed by atoms with Gasteiger partial charge in [0.15, 0.2) is 0 Å². The molecule has 1 aromatic rings. The molecular weight excluding hydrogens is 204 g/mol. The summed E-state index contributed by atoms with van der Waals surface area (Å²) in [7, 11) is 1.59. The van der Waals surface area contributed by atoms with Gasteiger partial charge in [0, 0.05) is 7.11 Å². The van der Waals surface area contributed by atoms with Crippen LogP contribution in [0.3, 0.4) is 0 Å². The van der Waals surface area contributed by atoms with E-state index in [0.29, 0.717) is 0 Å². The highest BCUT2D eigenvalue weighted by Crippen LogP contribution is 2.34. The van der Waals surface area contributed by atoms with Crippen LogP contribution in [0.15, 0.2) is 24.3 Å². The fourth-order valence-electron chi connectivity index (χ4n) is 1.91. The number of ether oxygens (including phenoxy) is 1. The van der Waals surface area contributed by atoms with Crippen molar-refractivity contribution < 1.29 is 9.53 Å².